The largest absolute Gasteiger partial charge is 0.477 e. The number of carboxylic acids is 1. The molecule has 0 unspecified atom stereocenters. The van der Waals surface area contributed by atoms with Crippen molar-refractivity contribution in [3.05, 3.63) is 50.4 Å². The molecule has 22 heavy (non-hydrogen) atoms. The SMILES string of the molecule is O=C(O)c1cc2sc(=O)n(-c3cccc(C(F)(F)F)c3)c2s1. The van der Waals surface area contributed by atoms with Crippen LogP contribution < -0.4 is 4.87 Å². The lowest BCUT2D eigenvalue weighted by atomic mass is 10.2. The Morgan fingerprint density at radius 3 is 2.55 bits per heavy atom. The third-order valence-electron chi connectivity index (χ3n) is 2.91. The number of rotatable bonds is 2. The van der Waals surface area contributed by atoms with Crippen molar-refractivity contribution in [2.24, 2.45) is 0 Å². The van der Waals surface area contributed by atoms with E-state index in [2.05, 4.69) is 0 Å². The molecule has 114 valence electrons. The quantitative estimate of drug-likeness (QED) is 0.768. The standard InChI is InChI=1S/C13H6F3NO3S2/c14-13(15,16)6-2-1-3-7(4-6)17-10-8(22-12(17)20)5-9(21-10)11(18)19/h1-5H,(H,18,19). The molecule has 0 saturated carbocycles. The fourth-order valence-corrected chi connectivity index (χ4v) is 4.09. The van der Waals surface area contributed by atoms with Crippen LogP contribution in [0.1, 0.15) is 15.2 Å². The van der Waals surface area contributed by atoms with E-state index >= 15 is 0 Å². The average molecular weight is 345 g/mol. The molecule has 0 radical (unpaired) electrons. The van der Waals surface area contributed by atoms with Crippen molar-refractivity contribution < 1.29 is 23.1 Å². The maximum Gasteiger partial charge on any atom is 0.416 e. The summed E-state index contributed by atoms with van der Waals surface area (Å²) in [7, 11) is 0. The normalized spacial score (nSPS) is 12.0. The summed E-state index contributed by atoms with van der Waals surface area (Å²) in [6.07, 6.45) is -4.52. The molecule has 0 amide bonds. The number of hydrogen-bond acceptors (Lipinski definition) is 4. The number of aromatic nitrogens is 1. The first kappa shape index (κ1) is 14.8. The second-order valence-corrected chi connectivity index (χ2v) is 6.36. The van der Waals surface area contributed by atoms with E-state index in [4.69, 9.17) is 5.11 Å². The van der Waals surface area contributed by atoms with Crippen molar-refractivity contribution in [3.63, 3.8) is 0 Å². The van der Waals surface area contributed by atoms with Crippen LogP contribution in [0.2, 0.25) is 0 Å². The molecule has 2 aromatic heterocycles. The zero-order valence-corrected chi connectivity index (χ0v) is 12.2. The Morgan fingerprint density at radius 2 is 1.91 bits per heavy atom. The van der Waals surface area contributed by atoms with Crippen LogP contribution in [-0.2, 0) is 6.18 Å². The van der Waals surface area contributed by atoms with Gasteiger partial charge in [-0.15, -0.1) is 11.3 Å². The molecule has 0 saturated heterocycles. The monoisotopic (exact) mass is 345 g/mol. The Kier molecular flexibility index (Phi) is 3.33. The molecule has 4 nitrogen and oxygen atoms in total. The van der Waals surface area contributed by atoms with Crippen molar-refractivity contribution in [2.75, 3.05) is 0 Å². The van der Waals surface area contributed by atoms with Gasteiger partial charge in [0.15, 0.2) is 0 Å². The van der Waals surface area contributed by atoms with Gasteiger partial charge in [-0.25, -0.2) is 4.79 Å². The summed E-state index contributed by atoms with van der Waals surface area (Å²) >= 11 is 1.65. The summed E-state index contributed by atoms with van der Waals surface area (Å²) < 4.78 is 39.9. The van der Waals surface area contributed by atoms with E-state index in [9.17, 15) is 22.8 Å². The van der Waals surface area contributed by atoms with Crippen molar-refractivity contribution in [1.29, 1.82) is 0 Å². The molecule has 0 aliphatic carbocycles. The number of fused-ring (bicyclic) bond motifs is 1. The van der Waals surface area contributed by atoms with Crippen molar-refractivity contribution in [3.8, 4) is 5.69 Å². The predicted molar refractivity (Wildman–Crippen MR) is 77.3 cm³/mol. The molecule has 0 spiro atoms. The minimum atomic E-state index is -4.52. The number of thiophene rings is 1. The Labute approximate surface area is 128 Å². The number of benzene rings is 1. The Morgan fingerprint density at radius 1 is 1.18 bits per heavy atom. The maximum atomic E-state index is 12.8. The van der Waals surface area contributed by atoms with Gasteiger partial charge in [0.25, 0.3) is 0 Å². The van der Waals surface area contributed by atoms with Gasteiger partial charge in [-0.05, 0) is 24.3 Å². The maximum absolute atomic E-state index is 12.8. The third-order valence-corrected chi connectivity index (χ3v) is 5.03. The topological polar surface area (TPSA) is 59.3 Å². The third kappa shape index (κ3) is 2.42. The summed E-state index contributed by atoms with van der Waals surface area (Å²) in [4.78, 5) is 22.9. The molecule has 2 heterocycles. The fraction of sp³-hybridized carbons (Fsp3) is 0.0769. The molecule has 0 aliphatic rings. The van der Waals surface area contributed by atoms with Crippen LogP contribution in [0.3, 0.4) is 0 Å². The van der Waals surface area contributed by atoms with Gasteiger partial charge >= 0.3 is 17.0 Å². The minimum absolute atomic E-state index is 0.0296. The van der Waals surface area contributed by atoms with E-state index in [1.54, 1.807) is 0 Å². The van der Waals surface area contributed by atoms with Gasteiger partial charge in [-0.1, -0.05) is 17.4 Å². The Bertz CT molecular complexity index is 936. The van der Waals surface area contributed by atoms with Gasteiger partial charge in [0.05, 0.1) is 16.0 Å². The van der Waals surface area contributed by atoms with Crippen LogP contribution in [0.15, 0.2) is 35.1 Å². The first-order chi connectivity index (χ1) is 10.3. The van der Waals surface area contributed by atoms with Gasteiger partial charge in [0.2, 0.25) is 0 Å². The number of halogens is 3. The predicted octanol–water partition coefficient (Wildman–Crippen LogP) is 3.83. The molecular weight excluding hydrogens is 339 g/mol. The molecule has 0 bridgehead atoms. The zero-order chi connectivity index (χ0) is 16.1. The zero-order valence-electron chi connectivity index (χ0n) is 10.5. The Hall–Kier alpha value is -2.13. The van der Waals surface area contributed by atoms with Crippen LogP contribution >= 0.6 is 22.7 Å². The minimum Gasteiger partial charge on any atom is -0.477 e. The smallest absolute Gasteiger partial charge is 0.416 e. The highest BCUT2D eigenvalue weighted by molar-refractivity contribution is 7.27. The summed E-state index contributed by atoms with van der Waals surface area (Å²) in [6, 6.07) is 5.71. The number of carboxylic acid groups (broad SMARTS) is 1. The lowest BCUT2D eigenvalue weighted by Crippen LogP contribution is -2.12. The number of hydrogen-bond donors (Lipinski definition) is 1. The number of thiazole rings is 1. The molecule has 0 atom stereocenters. The molecule has 3 aromatic rings. The van der Waals surface area contributed by atoms with Crippen LogP contribution in [0.25, 0.3) is 15.2 Å². The Balaban J connectivity index is 2.23. The summed E-state index contributed by atoms with van der Waals surface area (Å²) in [5, 5.41) is 8.96. The lowest BCUT2D eigenvalue weighted by Gasteiger charge is -2.09. The van der Waals surface area contributed by atoms with Crippen molar-refractivity contribution >= 4 is 38.2 Å². The highest BCUT2D eigenvalue weighted by atomic mass is 32.1. The van der Waals surface area contributed by atoms with E-state index < -0.39 is 22.6 Å². The van der Waals surface area contributed by atoms with Gasteiger partial charge in [-0.2, -0.15) is 13.2 Å². The molecule has 1 aromatic carbocycles. The molecule has 9 heteroatoms. The van der Waals surface area contributed by atoms with Gasteiger partial charge < -0.3 is 5.11 Å². The molecule has 0 fully saturated rings. The van der Waals surface area contributed by atoms with E-state index in [0.717, 1.165) is 39.4 Å². The fourth-order valence-electron chi connectivity index (χ4n) is 1.97. The van der Waals surface area contributed by atoms with Crippen molar-refractivity contribution in [1.82, 2.24) is 4.57 Å². The number of carbonyl (C=O) groups is 1. The van der Waals surface area contributed by atoms with Crippen LogP contribution in [0, 0.1) is 0 Å². The summed E-state index contributed by atoms with van der Waals surface area (Å²) in [5.74, 6) is -1.14. The van der Waals surface area contributed by atoms with Crippen LogP contribution in [0.5, 0.6) is 0 Å². The molecule has 3 rings (SSSR count). The number of nitrogens with zero attached hydrogens (tertiary/aromatic N) is 1. The molecular formula is C13H6F3NO3S2. The van der Waals surface area contributed by atoms with Crippen LogP contribution in [-0.4, -0.2) is 15.6 Å². The molecule has 1 N–H and O–H groups in total. The van der Waals surface area contributed by atoms with Gasteiger partial charge in [0, 0.05) is 0 Å². The second kappa shape index (κ2) is 4.96. The van der Waals surface area contributed by atoms with E-state index in [-0.39, 0.29) is 10.6 Å². The lowest BCUT2D eigenvalue weighted by molar-refractivity contribution is -0.137. The van der Waals surface area contributed by atoms with Gasteiger partial charge in [0.1, 0.15) is 9.71 Å². The number of aromatic carboxylic acids is 1. The first-order valence-electron chi connectivity index (χ1n) is 5.83. The molecule has 0 aliphatic heterocycles. The van der Waals surface area contributed by atoms with E-state index in [0.29, 0.717) is 9.53 Å². The second-order valence-electron chi connectivity index (χ2n) is 4.34. The summed E-state index contributed by atoms with van der Waals surface area (Å²) in [5.41, 5.74) is -0.809. The van der Waals surface area contributed by atoms with E-state index in [1.165, 1.54) is 18.2 Å². The first-order valence-corrected chi connectivity index (χ1v) is 7.47. The summed E-state index contributed by atoms with van der Waals surface area (Å²) in [6.45, 7) is 0. The van der Waals surface area contributed by atoms with Crippen molar-refractivity contribution in [2.45, 2.75) is 6.18 Å². The van der Waals surface area contributed by atoms with Gasteiger partial charge in [-0.3, -0.25) is 9.36 Å². The average Bonchev–Trinajstić information content (AvgIpc) is 2.94. The van der Waals surface area contributed by atoms with E-state index in [1.807, 2.05) is 0 Å². The van der Waals surface area contributed by atoms with Crippen LogP contribution in [0.4, 0.5) is 13.2 Å². The highest BCUT2D eigenvalue weighted by Crippen LogP contribution is 2.33. The number of alkyl halides is 3. The highest BCUT2D eigenvalue weighted by Gasteiger charge is 2.30.